The van der Waals surface area contributed by atoms with E-state index in [9.17, 15) is 14.9 Å². The molecule has 2 aromatic rings. The van der Waals surface area contributed by atoms with Gasteiger partial charge in [0, 0.05) is 17.0 Å². The fourth-order valence-corrected chi connectivity index (χ4v) is 3.01. The number of rotatable bonds is 5. The van der Waals surface area contributed by atoms with Gasteiger partial charge in [0.25, 0.3) is 5.69 Å². The highest BCUT2D eigenvalue weighted by Gasteiger charge is 2.15. The van der Waals surface area contributed by atoms with Crippen molar-refractivity contribution >= 4 is 38.7 Å². The number of carbonyl (C=O) groups excluding carboxylic acids is 1. The number of nitrogens with zero attached hydrogens (tertiary/aromatic N) is 1. The molecule has 0 aliphatic heterocycles. The molecule has 0 amide bonds. The van der Waals surface area contributed by atoms with Gasteiger partial charge in [0.15, 0.2) is 5.78 Å². The number of halogens is 1. The van der Waals surface area contributed by atoms with E-state index in [1.807, 2.05) is 12.1 Å². The van der Waals surface area contributed by atoms with Crippen molar-refractivity contribution in [2.75, 3.05) is 0 Å². The number of hydrogen-bond donors (Lipinski definition) is 0. The second-order valence-corrected chi connectivity index (χ2v) is 6.54. The number of Topliss-reactive ketones (excluding diaryl/α,β-unsaturated/α-hetero) is 1. The molecule has 20 heavy (non-hydrogen) atoms. The highest BCUT2D eigenvalue weighted by molar-refractivity contribution is 9.11. The van der Waals surface area contributed by atoms with Gasteiger partial charge in [0.05, 0.1) is 14.3 Å². The molecule has 0 atom stereocenters. The average molecular weight is 356 g/mol. The first-order chi connectivity index (χ1) is 9.47. The minimum atomic E-state index is -0.535. The topological polar surface area (TPSA) is 69.4 Å². The molecule has 0 radical (unpaired) electrons. The lowest BCUT2D eigenvalue weighted by Crippen LogP contribution is -2.02. The van der Waals surface area contributed by atoms with Crippen LogP contribution in [0.4, 0.5) is 5.69 Å². The van der Waals surface area contributed by atoms with Crippen LogP contribution in [0, 0.1) is 10.1 Å². The number of nitro benzene ring substituents is 1. The maximum atomic E-state index is 11.5. The van der Waals surface area contributed by atoms with Gasteiger partial charge in [-0.25, -0.2) is 0 Å². The zero-order valence-corrected chi connectivity index (χ0v) is 12.9. The lowest BCUT2D eigenvalue weighted by Gasteiger charge is -2.08. The molecule has 1 aromatic carbocycles. The van der Waals surface area contributed by atoms with Crippen molar-refractivity contribution in [3.8, 4) is 5.75 Å². The van der Waals surface area contributed by atoms with Crippen molar-refractivity contribution in [1.29, 1.82) is 0 Å². The maximum Gasteiger partial charge on any atom is 0.270 e. The standard InChI is InChI=1S/C13H10BrNO4S/c1-8(16)11-6-9(15(17)18)2-4-12(11)19-7-10-3-5-13(14)20-10/h2-6H,7H2,1H3. The Kier molecular flexibility index (Phi) is 4.51. The Hall–Kier alpha value is -1.73. The summed E-state index contributed by atoms with van der Waals surface area (Å²) in [6, 6.07) is 7.84. The Balaban J connectivity index is 2.22. The largest absolute Gasteiger partial charge is 0.487 e. The first-order valence-electron chi connectivity index (χ1n) is 5.64. The second-order valence-electron chi connectivity index (χ2n) is 3.99. The third kappa shape index (κ3) is 3.43. The molecule has 0 aliphatic rings. The second kappa shape index (κ2) is 6.15. The highest BCUT2D eigenvalue weighted by Crippen LogP contribution is 2.27. The summed E-state index contributed by atoms with van der Waals surface area (Å²) in [6.07, 6.45) is 0. The number of hydrogen-bond acceptors (Lipinski definition) is 5. The van der Waals surface area contributed by atoms with Gasteiger partial charge in [-0.3, -0.25) is 14.9 Å². The molecule has 1 heterocycles. The van der Waals surface area contributed by atoms with Crippen molar-refractivity contribution in [2.45, 2.75) is 13.5 Å². The molecule has 0 unspecified atom stereocenters. The molecular weight excluding hydrogens is 346 g/mol. The zero-order valence-electron chi connectivity index (χ0n) is 10.5. The molecule has 0 spiro atoms. The third-order valence-electron chi connectivity index (χ3n) is 2.55. The van der Waals surface area contributed by atoms with Crippen LogP contribution < -0.4 is 4.74 Å². The summed E-state index contributed by atoms with van der Waals surface area (Å²) < 4.78 is 6.57. The van der Waals surface area contributed by atoms with Crippen molar-refractivity contribution in [1.82, 2.24) is 0 Å². The number of benzene rings is 1. The van der Waals surface area contributed by atoms with Gasteiger partial charge in [-0.05, 0) is 41.1 Å². The Morgan fingerprint density at radius 1 is 1.40 bits per heavy atom. The molecule has 1 aromatic heterocycles. The molecule has 0 fully saturated rings. The summed E-state index contributed by atoms with van der Waals surface area (Å²) in [5.41, 5.74) is 0.0937. The number of thiophene rings is 1. The summed E-state index contributed by atoms with van der Waals surface area (Å²) in [5.74, 6) is 0.0867. The van der Waals surface area contributed by atoms with E-state index in [4.69, 9.17) is 4.74 Å². The Labute approximate surface area is 127 Å². The van der Waals surface area contributed by atoms with Crippen LogP contribution in [-0.2, 0) is 6.61 Å². The van der Waals surface area contributed by atoms with Crippen LogP contribution >= 0.6 is 27.3 Å². The zero-order chi connectivity index (χ0) is 14.7. The van der Waals surface area contributed by atoms with Crippen LogP contribution in [-0.4, -0.2) is 10.7 Å². The Morgan fingerprint density at radius 2 is 2.15 bits per heavy atom. The quantitative estimate of drug-likeness (QED) is 0.457. The van der Waals surface area contributed by atoms with Gasteiger partial charge < -0.3 is 4.74 Å². The Morgan fingerprint density at radius 3 is 2.70 bits per heavy atom. The molecule has 0 aliphatic carbocycles. The van der Waals surface area contributed by atoms with Crippen LogP contribution in [0.5, 0.6) is 5.75 Å². The lowest BCUT2D eigenvalue weighted by atomic mass is 10.1. The summed E-state index contributed by atoms with van der Waals surface area (Å²) >= 11 is 4.88. The fraction of sp³-hybridized carbons (Fsp3) is 0.154. The molecule has 7 heteroatoms. The molecule has 0 saturated carbocycles. The number of ketones is 1. The summed E-state index contributed by atoms with van der Waals surface area (Å²) in [4.78, 5) is 22.7. The van der Waals surface area contributed by atoms with Crippen molar-refractivity contribution < 1.29 is 14.5 Å². The molecule has 104 valence electrons. The summed E-state index contributed by atoms with van der Waals surface area (Å²) in [6.45, 7) is 1.67. The number of nitro groups is 1. The lowest BCUT2D eigenvalue weighted by molar-refractivity contribution is -0.384. The van der Waals surface area contributed by atoms with E-state index in [2.05, 4.69) is 15.9 Å². The predicted octanol–water partition coefficient (Wildman–Crippen LogP) is 4.20. The molecule has 2 rings (SSSR count). The monoisotopic (exact) mass is 355 g/mol. The van der Waals surface area contributed by atoms with E-state index in [1.165, 1.54) is 36.5 Å². The van der Waals surface area contributed by atoms with E-state index in [0.717, 1.165) is 8.66 Å². The van der Waals surface area contributed by atoms with Crippen LogP contribution in [0.3, 0.4) is 0 Å². The fourth-order valence-electron chi connectivity index (χ4n) is 1.61. The van der Waals surface area contributed by atoms with E-state index in [1.54, 1.807) is 0 Å². The number of carbonyl (C=O) groups is 1. The summed E-state index contributed by atoms with van der Waals surface area (Å²) in [5, 5.41) is 10.7. The SMILES string of the molecule is CC(=O)c1cc([N+](=O)[O-])ccc1OCc1ccc(Br)s1. The normalized spacial score (nSPS) is 10.3. The number of non-ortho nitro benzene ring substituents is 1. The predicted molar refractivity (Wildman–Crippen MR) is 79.5 cm³/mol. The smallest absolute Gasteiger partial charge is 0.270 e. The van der Waals surface area contributed by atoms with Gasteiger partial charge in [0.1, 0.15) is 12.4 Å². The van der Waals surface area contributed by atoms with Gasteiger partial charge >= 0.3 is 0 Å². The molecule has 0 N–H and O–H groups in total. The molecule has 5 nitrogen and oxygen atoms in total. The maximum absolute atomic E-state index is 11.5. The highest BCUT2D eigenvalue weighted by atomic mass is 79.9. The first-order valence-corrected chi connectivity index (χ1v) is 7.24. The van der Waals surface area contributed by atoms with E-state index < -0.39 is 4.92 Å². The molecule has 0 saturated heterocycles. The van der Waals surface area contributed by atoms with Gasteiger partial charge in [-0.1, -0.05) is 0 Å². The average Bonchev–Trinajstić information content (AvgIpc) is 2.81. The van der Waals surface area contributed by atoms with Crippen molar-refractivity contribution in [2.24, 2.45) is 0 Å². The van der Waals surface area contributed by atoms with E-state index >= 15 is 0 Å². The minimum Gasteiger partial charge on any atom is -0.487 e. The van der Waals surface area contributed by atoms with Gasteiger partial charge in [-0.2, -0.15) is 0 Å². The van der Waals surface area contributed by atoms with Crippen molar-refractivity contribution in [3.05, 3.63) is 54.7 Å². The first kappa shape index (κ1) is 14.7. The van der Waals surface area contributed by atoms with E-state index in [0.29, 0.717) is 12.4 Å². The van der Waals surface area contributed by atoms with Gasteiger partial charge in [0.2, 0.25) is 0 Å². The van der Waals surface area contributed by atoms with Crippen molar-refractivity contribution in [3.63, 3.8) is 0 Å². The van der Waals surface area contributed by atoms with Crippen LogP contribution in [0.1, 0.15) is 22.2 Å². The number of ether oxygens (including phenoxy) is 1. The third-order valence-corrected chi connectivity index (χ3v) is 4.15. The van der Waals surface area contributed by atoms with Crippen LogP contribution in [0.2, 0.25) is 0 Å². The van der Waals surface area contributed by atoms with Gasteiger partial charge in [-0.15, -0.1) is 11.3 Å². The van der Waals surface area contributed by atoms with Crippen LogP contribution in [0.25, 0.3) is 0 Å². The molecule has 0 bridgehead atoms. The van der Waals surface area contributed by atoms with E-state index in [-0.39, 0.29) is 17.0 Å². The Bertz CT molecular complexity index is 668. The minimum absolute atomic E-state index is 0.124. The van der Waals surface area contributed by atoms with Crippen LogP contribution in [0.15, 0.2) is 34.1 Å². The summed E-state index contributed by atoms with van der Waals surface area (Å²) in [7, 11) is 0. The molecular formula is C13H10BrNO4S.